The molecule has 2 heterocycles. The highest BCUT2D eigenvalue weighted by Crippen LogP contribution is 2.43. The van der Waals surface area contributed by atoms with E-state index in [1.165, 1.54) is 7.11 Å². The van der Waals surface area contributed by atoms with Gasteiger partial charge in [-0.3, -0.25) is 0 Å². The predicted octanol–water partition coefficient (Wildman–Crippen LogP) is 3.63. The number of carbonyl (C=O) groups is 3. The van der Waals surface area contributed by atoms with Crippen molar-refractivity contribution >= 4 is 41.1 Å². The number of dihydropyridines is 1. The molecule has 1 atom stereocenters. The van der Waals surface area contributed by atoms with E-state index in [4.69, 9.17) is 37.4 Å². The maximum Gasteiger partial charge on any atom is 0.344 e. The van der Waals surface area contributed by atoms with Crippen LogP contribution in [-0.2, 0) is 30.8 Å². The van der Waals surface area contributed by atoms with Gasteiger partial charge in [-0.2, -0.15) is 0 Å². The van der Waals surface area contributed by atoms with Gasteiger partial charge in [0.25, 0.3) is 0 Å². The lowest BCUT2D eigenvalue weighted by atomic mass is 9.80. The first-order valence-electron chi connectivity index (χ1n) is 10.7. The zero-order chi connectivity index (χ0) is 25.7. The predicted molar refractivity (Wildman–Crippen MR) is 129 cm³/mol. The summed E-state index contributed by atoms with van der Waals surface area (Å²) in [6.07, 6.45) is 3.41. The van der Waals surface area contributed by atoms with Crippen molar-refractivity contribution in [1.82, 2.24) is 5.32 Å². The molecule has 1 unspecified atom stereocenters. The topological polar surface area (TPSA) is 94.8 Å². The lowest BCUT2D eigenvalue weighted by molar-refractivity contribution is -0.671. The molecule has 1 aliphatic heterocycles. The summed E-state index contributed by atoms with van der Waals surface area (Å²) in [5.41, 5.74) is 2.19. The molecule has 3 rings (SSSR count). The Hall–Kier alpha value is -3.36. The van der Waals surface area contributed by atoms with Crippen LogP contribution in [0.1, 0.15) is 35.7 Å². The standard InChI is InChI=1S/C25H24Cl2N2O6/c1-14-19(24(31)33-4)21(17-8-5-9-18(26)22(17)27)20(15(2)28-14)25(32)35-12-11-34-23(30)16-7-6-10-29(3)13-16/h5-10,13,21H,11-12H2,1-4H3/p+1. The number of methoxy groups -OCH3 is 1. The fourth-order valence-corrected chi connectivity index (χ4v) is 4.25. The molecule has 8 nitrogen and oxygen atoms in total. The van der Waals surface area contributed by atoms with E-state index in [9.17, 15) is 14.4 Å². The number of nitrogens with zero attached hydrogens (tertiary/aromatic N) is 1. The molecule has 2 aromatic rings. The van der Waals surface area contributed by atoms with Gasteiger partial charge in [0.2, 0.25) is 0 Å². The van der Waals surface area contributed by atoms with Crippen molar-refractivity contribution in [2.75, 3.05) is 20.3 Å². The molecular formula is C25H25Cl2N2O6+. The van der Waals surface area contributed by atoms with E-state index in [1.54, 1.807) is 68.2 Å². The molecule has 0 amide bonds. The maximum absolute atomic E-state index is 13.2. The third-order valence-electron chi connectivity index (χ3n) is 5.40. The van der Waals surface area contributed by atoms with Crippen LogP contribution in [0.15, 0.2) is 65.3 Å². The van der Waals surface area contributed by atoms with Crippen LogP contribution >= 0.6 is 23.2 Å². The minimum Gasteiger partial charge on any atom is -0.466 e. The van der Waals surface area contributed by atoms with Crippen LogP contribution in [0, 0.1) is 0 Å². The van der Waals surface area contributed by atoms with Gasteiger partial charge in [-0.15, -0.1) is 0 Å². The number of allylic oxidation sites excluding steroid dienone is 2. The van der Waals surface area contributed by atoms with E-state index >= 15 is 0 Å². The molecule has 0 saturated heterocycles. The number of ether oxygens (including phenoxy) is 3. The smallest absolute Gasteiger partial charge is 0.344 e. The highest BCUT2D eigenvalue weighted by atomic mass is 35.5. The summed E-state index contributed by atoms with van der Waals surface area (Å²) in [5.74, 6) is -2.75. The Kier molecular flexibility index (Phi) is 8.53. The van der Waals surface area contributed by atoms with Crippen molar-refractivity contribution < 1.29 is 33.2 Å². The number of benzene rings is 1. The van der Waals surface area contributed by atoms with Crippen molar-refractivity contribution in [3.63, 3.8) is 0 Å². The highest BCUT2D eigenvalue weighted by molar-refractivity contribution is 6.42. The van der Waals surface area contributed by atoms with Gasteiger partial charge in [0.15, 0.2) is 12.4 Å². The van der Waals surface area contributed by atoms with Crippen LogP contribution in [0.25, 0.3) is 0 Å². The zero-order valence-electron chi connectivity index (χ0n) is 19.7. The fourth-order valence-electron chi connectivity index (χ4n) is 3.84. The van der Waals surface area contributed by atoms with Gasteiger partial charge in [0.05, 0.1) is 34.2 Å². The van der Waals surface area contributed by atoms with Crippen molar-refractivity contribution in [3.05, 3.63) is 86.4 Å². The minimum atomic E-state index is -0.880. The van der Waals surface area contributed by atoms with Crippen molar-refractivity contribution in [1.29, 1.82) is 0 Å². The zero-order valence-corrected chi connectivity index (χ0v) is 21.2. The first-order chi connectivity index (χ1) is 16.6. The SMILES string of the molecule is COC(=O)C1=C(C)NC(C)=C(C(=O)OCCOC(=O)c2ccc[n+](C)c2)C1c1cccc(Cl)c1Cl. The Morgan fingerprint density at radius 1 is 0.943 bits per heavy atom. The van der Waals surface area contributed by atoms with E-state index in [2.05, 4.69) is 5.32 Å². The highest BCUT2D eigenvalue weighted by Gasteiger charge is 2.39. The summed E-state index contributed by atoms with van der Waals surface area (Å²) in [5, 5.41) is 3.52. The van der Waals surface area contributed by atoms with Crippen LogP contribution in [-0.4, -0.2) is 38.2 Å². The molecular weight excluding hydrogens is 495 g/mol. The van der Waals surface area contributed by atoms with Crippen LogP contribution < -0.4 is 9.88 Å². The third kappa shape index (κ3) is 5.83. The van der Waals surface area contributed by atoms with Gasteiger partial charge in [0.1, 0.15) is 25.8 Å². The Balaban J connectivity index is 1.82. The number of hydrogen-bond donors (Lipinski definition) is 1. The van der Waals surface area contributed by atoms with E-state index in [0.717, 1.165) is 0 Å². The average Bonchev–Trinajstić information content (AvgIpc) is 2.82. The summed E-state index contributed by atoms with van der Waals surface area (Å²) >= 11 is 12.7. The maximum atomic E-state index is 13.2. The number of hydrogen-bond acceptors (Lipinski definition) is 7. The molecule has 0 fully saturated rings. The molecule has 1 aromatic carbocycles. The summed E-state index contributed by atoms with van der Waals surface area (Å²) in [6.45, 7) is 3.05. The van der Waals surface area contributed by atoms with E-state index in [0.29, 0.717) is 22.5 Å². The van der Waals surface area contributed by atoms with Crippen LogP contribution in [0.3, 0.4) is 0 Å². The Morgan fingerprint density at radius 2 is 1.57 bits per heavy atom. The van der Waals surface area contributed by atoms with Gasteiger partial charge in [0, 0.05) is 17.5 Å². The third-order valence-corrected chi connectivity index (χ3v) is 6.24. The molecule has 35 heavy (non-hydrogen) atoms. The first kappa shape index (κ1) is 26.2. The summed E-state index contributed by atoms with van der Waals surface area (Å²) in [7, 11) is 3.04. The number of rotatable bonds is 7. The molecule has 0 bridgehead atoms. The number of halogens is 2. The molecule has 10 heteroatoms. The quantitative estimate of drug-likeness (QED) is 0.258. The Bertz CT molecular complexity index is 1240. The van der Waals surface area contributed by atoms with Crippen LogP contribution in [0.5, 0.6) is 0 Å². The van der Waals surface area contributed by atoms with E-state index in [-0.39, 0.29) is 34.4 Å². The van der Waals surface area contributed by atoms with Crippen molar-refractivity contribution in [2.45, 2.75) is 19.8 Å². The number of aromatic nitrogens is 1. The van der Waals surface area contributed by atoms with Gasteiger partial charge < -0.3 is 19.5 Å². The number of aryl methyl sites for hydroxylation is 1. The molecule has 0 saturated carbocycles. The lowest BCUT2D eigenvalue weighted by Gasteiger charge is -2.30. The lowest BCUT2D eigenvalue weighted by Crippen LogP contribution is -2.32. The normalized spacial score (nSPS) is 15.4. The van der Waals surface area contributed by atoms with Crippen molar-refractivity contribution in [3.8, 4) is 0 Å². The Labute approximate surface area is 213 Å². The summed E-state index contributed by atoms with van der Waals surface area (Å²) in [4.78, 5) is 38.1. The minimum absolute atomic E-state index is 0.149. The number of pyridine rings is 1. The molecule has 184 valence electrons. The van der Waals surface area contributed by atoms with Crippen molar-refractivity contribution in [2.24, 2.45) is 7.05 Å². The molecule has 1 aromatic heterocycles. The van der Waals surface area contributed by atoms with Gasteiger partial charge in [-0.1, -0.05) is 35.3 Å². The number of nitrogens with one attached hydrogen (secondary N) is 1. The number of esters is 3. The monoisotopic (exact) mass is 519 g/mol. The molecule has 0 radical (unpaired) electrons. The molecule has 1 N–H and O–H groups in total. The average molecular weight is 520 g/mol. The van der Waals surface area contributed by atoms with Crippen LogP contribution in [0.2, 0.25) is 10.0 Å². The van der Waals surface area contributed by atoms with Gasteiger partial charge in [-0.05, 0) is 31.5 Å². The Morgan fingerprint density at radius 3 is 2.20 bits per heavy atom. The number of carbonyl (C=O) groups excluding carboxylic acids is 3. The molecule has 0 spiro atoms. The second-order valence-corrected chi connectivity index (χ2v) is 8.59. The fraction of sp³-hybridized carbons (Fsp3) is 0.280. The molecule has 0 aliphatic carbocycles. The summed E-state index contributed by atoms with van der Waals surface area (Å²) < 4.78 is 17.3. The van der Waals surface area contributed by atoms with Gasteiger partial charge >= 0.3 is 17.9 Å². The van der Waals surface area contributed by atoms with Gasteiger partial charge in [-0.25, -0.2) is 19.0 Å². The summed E-state index contributed by atoms with van der Waals surface area (Å²) in [6, 6.07) is 8.31. The second kappa shape index (κ2) is 11.4. The van der Waals surface area contributed by atoms with E-state index in [1.807, 2.05) is 0 Å². The van der Waals surface area contributed by atoms with Crippen LogP contribution in [0.4, 0.5) is 0 Å². The second-order valence-electron chi connectivity index (χ2n) is 7.80. The largest absolute Gasteiger partial charge is 0.466 e. The first-order valence-corrected chi connectivity index (χ1v) is 11.4. The van der Waals surface area contributed by atoms with E-state index < -0.39 is 23.8 Å². The molecule has 1 aliphatic rings.